The summed E-state index contributed by atoms with van der Waals surface area (Å²) in [5.41, 5.74) is 1.27. The van der Waals surface area contributed by atoms with Gasteiger partial charge in [0.1, 0.15) is 5.75 Å². The predicted molar refractivity (Wildman–Crippen MR) is 60.7 cm³/mol. The molecule has 1 atom stereocenters. The molecule has 0 spiro atoms. The van der Waals surface area contributed by atoms with E-state index >= 15 is 0 Å². The minimum atomic E-state index is 0.303. The molecule has 1 unspecified atom stereocenters. The summed E-state index contributed by atoms with van der Waals surface area (Å²) in [5.74, 6) is 1.67. The highest BCUT2D eigenvalue weighted by Crippen LogP contribution is 2.16. The molecule has 0 amide bonds. The topological polar surface area (TPSA) is 9.23 Å². The van der Waals surface area contributed by atoms with Crippen molar-refractivity contribution < 1.29 is 4.74 Å². The van der Waals surface area contributed by atoms with Gasteiger partial charge >= 0.3 is 0 Å². The molecule has 0 heterocycles. The van der Waals surface area contributed by atoms with E-state index in [1.165, 1.54) is 5.56 Å². The van der Waals surface area contributed by atoms with Crippen LogP contribution in [0.3, 0.4) is 0 Å². The van der Waals surface area contributed by atoms with E-state index in [1.54, 1.807) is 0 Å². The van der Waals surface area contributed by atoms with E-state index < -0.39 is 0 Å². The lowest BCUT2D eigenvalue weighted by molar-refractivity contribution is 0.193. The molecule has 0 bridgehead atoms. The highest BCUT2D eigenvalue weighted by Gasteiger charge is 2.05. The minimum absolute atomic E-state index is 0.303. The molecule has 1 aromatic carbocycles. The molecular formula is C13H20O. The van der Waals surface area contributed by atoms with Crippen molar-refractivity contribution in [2.24, 2.45) is 5.92 Å². The predicted octanol–water partition coefficient (Wildman–Crippen LogP) is 3.81. The second-order valence-electron chi connectivity index (χ2n) is 4.37. The maximum absolute atomic E-state index is 5.78. The molecule has 0 fully saturated rings. The third-order valence-electron chi connectivity index (χ3n) is 2.16. The molecule has 0 aliphatic heterocycles. The zero-order chi connectivity index (χ0) is 10.6. The number of hydrogen-bond donors (Lipinski definition) is 0. The summed E-state index contributed by atoms with van der Waals surface area (Å²) in [6.45, 7) is 8.64. The van der Waals surface area contributed by atoms with Crippen LogP contribution in [0.2, 0.25) is 0 Å². The van der Waals surface area contributed by atoms with Crippen LogP contribution in [0.25, 0.3) is 0 Å². The van der Waals surface area contributed by atoms with Crippen LogP contribution in [-0.4, -0.2) is 6.10 Å². The summed E-state index contributed by atoms with van der Waals surface area (Å²) in [6, 6.07) is 8.23. The Morgan fingerprint density at radius 2 is 1.64 bits per heavy atom. The van der Waals surface area contributed by atoms with E-state index in [0.29, 0.717) is 12.0 Å². The number of rotatable bonds is 4. The van der Waals surface area contributed by atoms with Crippen molar-refractivity contribution in [1.29, 1.82) is 0 Å². The Balaban J connectivity index is 2.47. The molecule has 0 aromatic heterocycles. The lowest BCUT2D eigenvalue weighted by Gasteiger charge is -2.16. The number of hydrogen-bond acceptors (Lipinski definition) is 1. The van der Waals surface area contributed by atoms with Crippen LogP contribution in [0, 0.1) is 12.8 Å². The molecule has 1 heteroatoms. The van der Waals surface area contributed by atoms with E-state index in [2.05, 4.69) is 39.8 Å². The van der Waals surface area contributed by atoms with Crippen molar-refractivity contribution in [3.63, 3.8) is 0 Å². The Hall–Kier alpha value is -0.980. The minimum Gasteiger partial charge on any atom is -0.491 e. The van der Waals surface area contributed by atoms with Crippen molar-refractivity contribution in [1.82, 2.24) is 0 Å². The zero-order valence-electron chi connectivity index (χ0n) is 9.58. The standard InChI is InChI=1S/C13H20O/c1-10(2)9-12(4)14-13-7-5-11(3)6-8-13/h5-8,10,12H,9H2,1-4H3. The zero-order valence-corrected chi connectivity index (χ0v) is 9.58. The van der Waals surface area contributed by atoms with Gasteiger partial charge in [-0.1, -0.05) is 31.5 Å². The van der Waals surface area contributed by atoms with Crippen LogP contribution in [0.5, 0.6) is 5.75 Å². The van der Waals surface area contributed by atoms with Crippen LogP contribution in [0.1, 0.15) is 32.8 Å². The van der Waals surface area contributed by atoms with E-state index in [-0.39, 0.29) is 0 Å². The van der Waals surface area contributed by atoms with Crippen LogP contribution in [0.4, 0.5) is 0 Å². The summed E-state index contributed by atoms with van der Waals surface area (Å²) in [7, 11) is 0. The first kappa shape index (κ1) is 11.1. The maximum Gasteiger partial charge on any atom is 0.119 e. The third-order valence-corrected chi connectivity index (χ3v) is 2.16. The van der Waals surface area contributed by atoms with Crippen LogP contribution < -0.4 is 4.74 Å². The quantitative estimate of drug-likeness (QED) is 0.705. The summed E-state index contributed by atoms with van der Waals surface area (Å²) in [5, 5.41) is 0. The maximum atomic E-state index is 5.78. The van der Waals surface area contributed by atoms with E-state index in [1.807, 2.05) is 12.1 Å². The summed E-state index contributed by atoms with van der Waals surface area (Å²) in [6.07, 6.45) is 1.41. The van der Waals surface area contributed by atoms with Gasteiger partial charge in [0.2, 0.25) is 0 Å². The molecule has 0 saturated heterocycles. The molecule has 1 nitrogen and oxygen atoms in total. The molecule has 1 aromatic rings. The van der Waals surface area contributed by atoms with Gasteiger partial charge in [0.15, 0.2) is 0 Å². The fraction of sp³-hybridized carbons (Fsp3) is 0.538. The first-order valence-corrected chi connectivity index (χ1v) is 5.31. The first-order valence-electron chi connectivity index (χ1n) is 5.31. The second-order valence-corrected chi connectivity index (χ2v) is 4.37. The molecular weight excluding hydrogens is 172 g/mol. The molecule has 1 rings (SSSR count). The average Bonchev–Trinajstić information content (AvgIpc) is 2.07. The number of aryl methyl sites for hydroxylation is 1. The molecule has 14 heavy (non-hydrogen) atoms. The van der Waals surface area contributed by atoms with Gasteiger partial charge in [-0.15, -0.1) is 0 Å². The smallest absolute Gasteiger partial charge is 0.119 e. The van der Waals surface area contributed by atoms with Crippen LogP contribution >= 0.6 is 0 Å². The fourth-order valence-electron chi connectivity index (χ4n) is 1.56. The summed E-state index contributed by atoms with van der Waals surface area (Å²) in [4.78, 5) is 0. The Bertz CT molecular complexity index is 261. The number of benzene rings is 1. The highest BCUT2D eigenvalue weighted by molar-refractivity contribution is 5.26. The van der Waals surface area contributed by atoms with Gasteiger partial charge in [0, 0.05) is 0 Å². The molecule has 0 aliphatic rings. The third kappa shape index (κ3) is 3.82. The molecule has 0 radical (unpaired) electrons. The molecule has 78 valence electrons. The first-order chi connectivity index (χ1) is 6.58. The average molecular weight is 192 g/mol. The lowest BCUT2D eigenvalue weighted by Crippen LogP contribution is -2.14. The monoisotopic (exact) mass is 192 g/mol. The second kappa shape index (κ2) is 5.04. The molecule has 0 N–H and O–H groups in total. The van der Waals surface area contributed by atoms with Crippen molar-refractivity contribution in [2.75, 3.05) is 0 Å². The van der Waals surface area contributed by atoms with Gasteiger partial charge < -0.3 is 4.74 Å². The van der Waals surface area contributed by atoms with Gasteiger partial charge in [-0.3, -0.25) is 0 Å². The Morgan fingerprint density at radius 1 is 1.07 bits per heavy atom. The molecule has 0 saturated carbocycles. The van der Waals surface area contributed by atoms with Gasteiger partial charge in [0.25, 0.3) is 0 Å². The normalized spacial score (nSPS) is 12.9. The van der Waals surface area contributed by atoms with Crippen molar-refractivity contribution in [3.8, 4) is 5.75 Å². The highest BCUT2D eigenvalue weighted by atomic mass is 16.5. The van der Waals surface area contributed by atoms with E-state index in [9.17, 15) is 0 Å². The molecule has 0 aliphatic carbocycles. The van der Waals surface area contributed by atoms with E-state index in [0.717, 1.165) is 12.2 Å². The Kier molecular flexibility index (Phi) is 3.99. The Morgan fingerprint density at radius 3 is 2.14 bits per heavy atom. The van der Waals surface area contributed by atoms with Crippen molar-refractivity contribution in [3.05, 3.63) is 29.8 Å². The van der Waals surface area contributed by atoms with Crippen LogP contribution in [0.15, 0.2) is 24.3 Å². The Labute approximate surface area is 87.1 Å². The SMILES string of the molecule is Cc1ccc(OC(C)CC(C)C)cc1. The van der Waals surface area contributed by atoms with Crippen molar-refractivity contribution in [2.45, 2.75) is 40.2 Å². The van der Waals surface area contributed by atoms with Crippen molar-refractivity contribution >= 4 is 0 Å². The summed E-state index contributed by atoms with van der Waals surface area (Å²) < 4.78 is 5.78. The fourth-order valence-corrected chi connectivity index (χ4v) is 1.56. The van der Waals surface area contributed by atoms with Gasteiger partial charge in [-0.05, 0) is 38.3 Å². The number of ether oxygens (including phenoxy) is 1. The van der Waals surface area contributed by atoms with Gasteiger partial charge in [-0.25, -0.2) is 0 Å². The van der Waals surface area contributed by atoms with Crippen LogP contribution in [-0.2, 0) is 0 Å². The lowest BCUT2D eigenvalue weighted by atomic mass is 10.1. The van der Waals surface area contributed by atoms with E-state index in [4.69, 9.17) is 4.74 Å². The van der Waals surface area contributed by atoms with Gasteiger partial charge in [0.05, 0.1) is 6.10 Å². The largest absolute Gasteiger partial charge is 0.491 e. The van der Waals surface area contributed by atoms with Gasteiger partial charge in [-0.2, -0.15) is 0 Å². The summed E-state index contributed by atoms with van der Waals surface area (Å²) >= 11 is 0.